The number of hydrogen-bond donors (Lipinski definition) is 1. The summed E-state index contributed by atoms with van der Waals surface area (Å²) in [4.78, 5) is 5.39. The first-order chi connectivity index (χ1) is 8.16. The van der Waals surface area contributed by atoms with Crippen LogP contribution in [0.25, 0.3) is 0 Å². The van der Waals surface area contributed by atoms with Crippen LogP contribution in [0.4, 0.5) is 0 Å². The molecule has 90 valence electrons. The van der Waals surface area contributed by atoms with Crippen LogP contribution in [0.2, 0.25) is 0 Å². The van der Waals surface area contributed by atoms with Gasteiger partial charge in [-0.1, -0.05) is 29.8 Å². The maximum Gasteiger partial charge on any atom is 0.0794 e. The molecule has 17 heavy (non-hydrogen) atoms. The van der Waals surface area contributed by atoms with E-state index < -0.39 is 0 Å². The molecule has 2 rings (SSSR count). The monoisotopic (exact) mass is 246 g/mol. The van der Waals surface area contributed by atoms with Gasteiger partial charge in [0.2, 0.25) is 0 Å². The second-order valence-electron chi connectivity index (χ2n) is 4.42. The zero-order valence-electron chi connectivity index (χ0n) is 10.5. The van der Waals surface area contributed by atoms with Crippen LogP contribution in [0.1, 0.15) is 41.9 Å². The molecule has 1 heterocycles. The van der Waals surface area contributed by atoms with Crippen molar-refractivity contribution >= 4 is 11.3 Å². The van der Waals surface area contributed by atoms with Gasteiger partial charge in [0.05, 0.1) is 5.51 Å². The van der Waals surface area contributed by atoms with Crippen LogP contribution in [-0.4, -0.2) is 4.98 Å². The molecule has 0 saturated carbocycles. The van der Waals surface area contributed by atoms with Gasteiger partial charge in [-0.25, -0.2) is 0 Å². The minimum absolute atomic E-state index is 0.346. The lowest BCUT2D eigenvalue weighted by Gasteiger charge is -2.19. The quantitative estimate of drug-likeness (QED) is 0.886. The van der Waals surface area contributed by atoms with Crippen molar-refractivity contribution in [3.05, 3.63) is 52.0 Å². The molecule has 0 fully saturated rings. The molecule has 0 aliphatic carbocycles. The molecule has 0 saturated heterocycles. The van der Waals surface area contributed by atoms with Gasteiger partial charge >= 0.3 is 0 Å². The van der Waals surface area contributed by atoms with Crippen molar-refractivity contribution in [2.75, 3.05) is 0 Å². The van der Waals surface area contributed by atoms with Gasteiger partial charge in [-0.15, -0.1) is 11.3 Å². The molecule has 0 aliphatic rings. The third-order valence-corrected chi connectivity index (χ3v) is 3.91. The van der Waals surface area contributed by atoms with Crippen LogP contribution in [0.3, 0.4) is 0 Å². The number of nitrogens with one attached hydrogen (secondary N) is 1. The summed E-state index contributed by atoms with van der Waals surface area (Å²) < 4.78 is 0. The number of thiazole rings is 1. The number of aromatic nitrogens is 1. The molecule has 0 radical (unpaired) electrons. The molecule has 1 aromatic carbocycles. The fraction of sp³-hybridized carbons (Fsp3) is 0.357. The maximum absolute atomic E-state index is 4.11. The second-order valence-corrected chi connectivity index (χ2v) is 5.34. The van der Waals surface area contributed by atoms with Gasteiger partial charge in [0.1, 0.15) is 0 Å². The van der Waals surface area contributed by atoms with Crippen molar-refractivity contribution < 1.29 is 0 Å². The molecule has 3 heteroatoms. The Kier molecular flexibility index (Phi) is 3.92. The Morgan fingerprint density at radius 2 is 1.82 bits per heavy atom. The first kappa shape index (κ1) is 12.3. The molecule has 0 bridgehead atoms. The number of aryl methyl sites for hydroxylation is 1. The molecule has 2 nitrogen and oxygen atoms in total. The van der Waals surface area contributed by atoms with E-state index in [0.29, 0.717) is 12.1 Å². The summed E-state index contributed by atoms with van der Waals surface area (Å²) in [5, 5.41) is 3.59. The molecule has 1 N–H and O–H groups in total. The van der Waals surface area contributed by atoms with Crippen LogP contribution in [-0.2, 0) is 0 Å². The summed E-state index contributed by atoms with van der Waals surface area (Å²) in [6, 6.07) is 9.39. The molecular formula is C14H18N2S. The van der Waals surface area contributed by atoms with Gasteiger partial charge in [0.25, 0.3) is 0 Å². The lowest BCUT2D eigenvalue weighted by atomic mass is 10.1. The predicted molar refractivity (Wildman–Crippen MR) is 73.3 cm³/mol. The Hall–Kier alpha value is -1.19. The van der Waals surface area contributed by atoms with E-state index >= 15 is 0 Å². The van der Waals surface area contributed by atoms with Crippen molar-refractivity contribution in [2.24, 2.45) is 0 Å². The Morgan fingerprint density at radius 3 is 2.41 bits per heavy atom. The van der Waals surface area contributed by atoms with Crippen LogP contribution in [0, 0.1) is 6.92 Å². The SMILES string of the molecule is Cc1ccc([C@@H](C)NC(C)c2cncs2)cc1. The standard InChI is InChI=1S/C14H18N2S/c1-10-4-6-13(7-5-10)11(2)16-12(3)14-8-15-9-17-14/h4-9,11-12,16H,1-3H3/t11-,12?/m1/s1. The van der Waals surface area contributed by atoms with Crippen molar-refractivity contribution in [3.63, 3.8) is 0 Å². The zero-order chi connectivity index (χ0) is 12.3. The highest BCUT2D eigenvalue weighted by atomic mass is 32.1. The van der Waals surface area contributed by atoms with E-state index in [4.69, 9.17) is 0 Å². The molecule has 1 aromatic heterocycles. The summed E-state index contributed by atoms with van der Waals surface area (Å²) in [6.07, 6.45) is 1.93. The van der Waals surface area contributed by atoms with E-state index in [2.05, 4.69) is 55.3 Å². The minimum atomic E-state index is 0.346. The Bertz CT molecular complexity index is 448. The minimum Gasteiger partial charge on any atom is -0.303 e. The van der Waals surface area contributed by atoms with Crippen LogP contribution < -0.4 is 5.32 Å². The van der Waals surface area contributed by atoms with Gasteiger partial charge in [-0.2, -0.15) is 0 Å². The average Bonchev–Trinajstić information content (AvgIpc) is 2.83. The highest BCUT2D eigenvalue weighted by Crippen LogP contribution is 2.21. The lowest BCUT2D eigenvalue weighted by molar-refractivity contribution is 0.499. The Morgan fingerprint density at radius 1 is 1.12 bits per heavy atom. The maximum atomic E-state index is 4.11. The van der Waals surface area contributed by atoms with E-state index in [-0.39, 0.29) is 0 Å². The van der Waals surface area contributed by atoms with Gasteiger partial charge in [0, 0.05) is 23.2 Å². The van der Waals surface area contributed by atoms with E-state index in [9.17, 15) is 0 Å². The smallest absolute Gasteiger partial charge is 0.0794 e. The fourth-order valence-electron chi connectivity index (χ4n) is 1.85. The van der Waals surface area contributed by atoms with E-state index in [1.54, 1.807) is 11.3 Å². The van der Waals surface area contributed by atoms with Crippen LogP contribution in [0.5, 0.6) is 0 Å². The summed E-state index contributed by atoms with van der Waals surface area (Å²) >= 11 is 1.70. The highest BCUT2D eigenvalue weighted by molar-refractivity contribution is 7.09. The molecule has 2 atom stereocenters. The molecule has 0 spiro atoms. The molecule has 2 aromatic rings. The molecule has 0 aliphatic heterocycles. The average molecular weight is 246 g/mol. The third kappa shape index (κ3) is 3.14. The Labute approximate surface area is 107 Å². The first-order valence-electron chi connectivity index (χ1n) is 5.88. The molecular weight excluding hydrogens is 228 g/mol. The number of rotatable bonds is 4. The van der Waals surface area contributed by atoms with Crippen molar-refractivity contribution in [2.45, 2.75) is 32.9 Å². The zero-order valence-corrected chi connectivity index (χ0v) is 11.3. The van der Waals surface area contributed by atoms with Gasteiger partial charge in [0.15, 0.2) is 0 Å². The van der Waals surface area contributed by atoms with E-state index in [1.165, 1.54) is 16.0 Å². The van der Waals surface area contributed by atoms with Gasteiger partial charge in [-0.3, -0.25) is 4.98 Å². The Balaban J connectivity index is 2.01. The summed E-state index contributed by atoms with van der Waals surface area (Å²) in [7, 11) is 0. The van der Waals surface area contributed by atoms with Gasteiger partial charge < -0.3 is 5.32 Å². The van der Waals surface area contributed by atoms with E-state index in [1.807, 2.05) is 11.7 Å². The van der Waals surface area contributed by atoms with Crippen molar-refractivity contribution in [1.29, 1.82) is 0 Å². The van der Waals surface area contributed by atoms with E-state index in [0.717, 1.165) is 0 Å². The largest absolute Gasteiger partial charge is 0.303 e. The predicted octanol–water partition coefficient (Wildman–Crippen LogP) is 3.86. The second kappa shape index (κ2) is 5.43. The topological polar surface area (TPSA) is 24.9 Å². The summed E-state index contributed by atoms with van der Waals surface area (Å²) in [5.41, 5.74) is 4.51. The number of nitrogens with zero attached hydrogens (tertiary/aromatic N) is 1. The molecule has 1 unspecified atom stereocenters. The van der Waals surface area contributed by atoms with Crippen molar-refractivity contribution in [1.82, 2.24) is 10.3 Å². The fourth-order valence-corrected chi connectivity index (χ4v) is 2.49. The van der Waals surface area contributed by atoms with Gasteiger partial charge in [-0.05, 0) is 26.3 Å². The number of hydrogen-bond acceptors (Lipinski definition) is 3. The number of benzene rings is 1. The lowest BCUT2D eigenvalue weighted by Crippen LogP contribution is -2.21. The molecule has 0 amide bonds. The third-order valence-electron chi connectivity index (χ3n) is 2.96. The summed E-state index contributed by atoms with van der Waals surface area (Å²) in [5.74, 6) is 0. The van der Waals surface area contributed by atoms with Crippen LogP contribution >= 0.6 is 11.3 Å². The summed E-state index contributed by atoms with van der Waals surface area (Å²) in [6.45, 7) is 6.49. The van der Waals surface area contributed by atoms with Crippen LogP contribution in [0.15, 0.2) is 36.0 Å². The van der Waals surface area contributed by atoms with Crippen molar-refractivity contribution in [3.8, 4) is 0 Å². The first-order valence-corrected chi connectivity index (χ1v) is 6.76. The highest BCUT2D eigenvalue weighted by Gasteiger charge is 2.11. The normalized spacial score (nSPS) is 14.5.